The minimum absolute atomic E-state index is 0.102. The number of urea groups is 1. The third kappa shape index (κ3) is 5.08. The molecule has 5 heteroatoms. The summed E-state index contributed by atoms with van der Waals surface area (Å²) in [5, 5.41) is 5.72. The van der Waals surface area contributed by atoms with Crippen molar-refractivity contribution in [2.24, 2.45) is 0 Å². The van der Waals surface area contributed by atoms with Crippen LogP contribution in [0.15, 0.2) is 36.4 Å². The number of methoxy groups -OCH3 is 1. The normalized spacial score (nSPS) is 12.7. The average Bonchev–Trinajstić information content (AvgIpc) is 2.94. The van der Waals surface area contributed by atoms with Crippen LogP contribution in [0.25, 0.3) is 0 Å². The molecule has 1 aromatic heterocycles. The first-order valence-corrected chi connectivity index (χ1v) is 8.86. The molecular formula is C19H26N2O2S. The highest BCUT2D eigenvalue weighted by molar-refractivity contribution is 7.12. The molecule has 1 aromatic carbocycles. The molecule has 0 radical (unpaired) electrons. The SMILES string of the molecule is COC(CNC(=O)Nc1ccc(C(C)(C)C)cc1)c1ccc(C)s1. The van der Waals surface area contributed by atoms with Gasteiger partial charge in [-0.05, 0) is 42.2 Å². The van der Waals surface area contributed by atoms with Crippen LogP contribution >= 0.6 is 11.3 Å². The number of benzene rings is 1. The van der Waals surface area contributed by atoms with Gasteiger partial charge in [0.25, 0.3) is 0 Å². The second-order valence-electron chi connectivity index (χ2n) is 6.84. The average molecular weight is 346 g/mol. The minimum atomic E-state index is -0.228. The Bertz CT molecular complexity index is 671. The van der Waals surface area contributed by atoms with Gasteiger partial charge in [0.1, 0.15) is 6.10 Å². The Labute approximate surface area is 148 Å². The molecule has 0 saturated carbocycles. The van der Waals surface area contributed by atoms with Gasteiger partial charge < -0.3 is 15.4 Å². The molecule has 0 aliphatic carbocycles. The Morgan fingerprint density at radius 3 is 2.33 bits per heavy atom. The lowest BCUT2D eigenvalue weighted by molar-refractivity contribution is 0.107. The van der Waals surface area contributed by atoms with Gasteiger partial charge in [-0.1, -0.05) is 32.9 Å². The van der Waals surface area contributed by atoms with Crippen LogP contribution in [-0.2, 0) is 10.2 Å². The summed E-state index contributed by atoms with van der Waals surface area (Å²) in [6, 6.07) is 11.8. The molecule has 0 aliphatic rings. The molecule has 2 amide bonds. The van der Waals surface area contributed by atoms with Gasteiger partial charge in [0, 0.05) is 22.6 Å². The smallest absolute Gasteiger partial charge is 0.319 e. The Hall–Kier alpha value is -1.85. The van der Waals surface area contributed by atoms with E-state index < -0.39 is 0 Å². The van der Waals surface area contributed by atoms with Crippen LogP contribution in [0.1, 0.15) is 42.2 Å². The van der Waals surface area contributed by atoms with Crippen LogP contribution in [0.5, 0.6) is 0 Å². The lowest BCUT2D eigenvalue weighted by atomic mass is 9.87. The van der Waals surface area contributed by atoms with Gasteiger partial charge >= 0.3 is 6.03 Å². The van der Waals surface area contributed by atoms with E-state index in [0.29, 0.717) is 6.54 Å². The predicted molar refractivity (Wildman–Crippen MR) is 101 cm³/mol. The maximum atomic E-state index is 12.1. The third-order valence-electron chi connectivity index (χ3n) is 3.82. The number of thiophene rings is 1. The molecule has 1 heterocycles. The van der Waals surface area contributed by atoms with Crippen LogP contribution in [0.4, 0.5) is 10.5 Å². The molecule has 2 aromatic rings. The van der Waals surface area contributed by atoms with E-state index in [0.717, 1.165) is 10.6 Å². The largest absolute Gasteiger partial charge is 0.374 e. The third-order valence-corrected chi connectivity index (χ3v) is 4.91. The van der Waals surface area contributed by atoms with Crippen molar-refractivity contribution < 1.29 is 9.53 Å². The van der Waals surface area contributed by atoms with Crippen molar-refractivity contribution >= 4 is 23.1 Å². The van der Waals surface area contributed by atoms with E-state index in [1.807, 2.05) is 30.3 Å². The van der Waals surface area contributed by atoms with Crippen molar-refractivity contribution in [3.8, 4) is 0 Å². The Morgan fingerprint density at radius 2 is 1.83 bits per heavy atom. The first-order valence-electron chi connectivity index (χ1n) is 8.04. The molecule has 1 atom stereocenters. The molecule has 0 spiro atoms. The summed E-state index contributed by atoms with van der Waals surface area (Å²) < 4.78 is 5.47. The second-order valence-corrected chi connectivity index (χ2v) is 8.15. The zero-order valence-corrected chi connectivity index (χ0v) is 15.8. The van der Waals surface area contributed by atoms with E-state index >= 15 is 0 Å². The molecule has 2 N–H and O–H groups in total. The Morgan fingerprint density at radius 1 is 1.17 bits per heavy atom. The van der Waals surface area contributed by atoms with Crippen molar-refractivity contribution in [3.05, 3.63) is 51.7 Å². The fourth-order valence-corrected chi connectivity index (χ4v) is 3.30. The molecule has 0 aliphatic heterocycles. The zero-order chi connectivity index (χ0) is 17.7. The number of anilines is 1. The summed E-state index contributed by atoms with van der Waals surface area (Å²) >= 11 is 1.68. The Kier molecular flexibility index (Phi) is 6.02. The van der Waals surface area contributed by atoms with E-state index in [2.05, 4.69) is 44.4 Å². The number of hydrogen-bond donors (Lipinski definition) is 2. The number of rotatable bonds is 5. The van der Waals surface area contributed by atoms with Crippen LogP contribution in [-0.4, -0.2) is 19.7 Å². The number of ether oxygens (including phenoxy) is 1. The standard InChI is InChI=1S/C19H26N2O2S/c1-13-6-11-17(24-13)16(23-5)12-20-18(22)21-15-9-7-14(8-10-15)19(2,3)4/h6-11,16H,12H2,1-5H3,(H2,20,21,22). The summed E-state index contributed by atoms with van der Waals surface area (Å²) in [4.78, 5) is 14.4. The topological polar surface area (TPSA) is 50.4 Å². The van der Waals surface area contributed by atoms with Crippen molar-refractivity contribution in [1.82, 2.24) is 5.32 Å². The first-order chi connectivity index (χ1) is 11.3. The minimum Gasteiger partial charge on any atom is -0.374 e. The molecule has 4 nitrogen and oxygen atoms in total. The van der Waals surface area contributed by atoms with E-state index in [1.54, 1.807) is 18.4 Å². The van der Waals surface area contributed by atoms with Crippen LogP contribution in [0.3, 0.4) is 0 Å². The number of hydrogen-bond acceptors (Lipinski definition) is 3. The molecule has 1 unspecified atom stereocenters. The fraction of sp³-hybridized carbons (Fsp3) is 0.421. The molecule has 2 rings (SSSR count). The molecule has 0 saturated heterocycles. The molecule has 130 valence electrons. The van der Waals surface area contributed by atoms with Crippen LogP contribution < -0.4 is 10.6 Å². The predicted octanol–water partition coefficient (Wildman–Crippen LogP) is 4.86. The van der Waals surface area contributed by atoms with E-state index in [9.17, 15) is 4.79 Å². The van der Waals surface area contributed by atoms with Gasteiger partial charge in [-0.2, -0.15) is 0 Å². The summed E-state index contributed by atoms with van der Waals surface area (Å²) in [6.07, 6.45) is -0.127. The van der Waals surface area contributed by atoms with Gasteiger partial charge in [-0.25, -0.2) is 4.79 Å². The molecule has 0 bridgehead atoms. The summed E-state index contributed by atoms with van der Waals surface area (Å²) in [7, 11) is 1.66. The molecule has 24 heavy (non-hydrogen) atoms. The zero-order valence-electron chi connectivity index (χ0n) is 15.0. The first kappa shape index (κ1) is 18.5. The molecular weight excluding hydrogens is 320 g/mol. The number of aryl methyl sites for hydroxylation is 1. The summed E-state index contributed by atoms with van der Waals surface area (Å²) in [5.41, 5.74) is 2.12. The number of carbonyl (C=O) groups excluding carboxylic acids is 1. The van der Waals surface area contributed by atoms with Gasteiger partial charge in [0.05, 0.1) is 6.54 Å². The van der Waals surface area contributed by atoms with Crippen molar-refractivity contribution in [3.63, 3.8) is 0 Å². The highest BCUT2D eigenvalue weighted by atomic mass is 32.1. The van der Waals surface area contributed by atoms with E-state index in [1.165, 1.54) is 10.4 Å². The van der Waals surface area contributed by atoms with Crippen molar-refractivity contribution in [1.29, 1.82) is 0 Å². The number of nitrogens with one attached hydrogen (secondary N) is 2. The lowest BCUT2D eigenvalue weighted by Gasteiger charge is -2.19. The summed E-state index contributed by atoms with van der Waals surface area (Å²) in [6.45, 7) is 8.99. The fourth-order valence-electron chi connectivity index (χ4n) is 2.34. The number of carbonyl (C=O) groups is 1. The Balaban J connectivity index is 1.88. The summed E-state index contributed by atoms with van der Waals surface area (Å²) in [5.74, 6) is 0. The maximum absolute atomic E-state index is 12.1. The van der Waals surface area contributed by atoms with Gasteiger partial charge in [0.15, 0.2) is 0 Å². The quantitative estimate of drug-likeness (QED) is 0.812. The van der Waals surface area contributed by atoms with Crippen molar-refractivity contribution in [2.45, 2.75) is 39.2 Å². The highest BCUT2D eigenvalue weighted by Gasteiger charge is 2.15. The van der Waals surface area contributed by atoms with Gasteiger partial charge in [-0.15, -0.1) is 11.3 Å². The van der Waals surface area contributed by atoms with Gasteiger partial charge in [0.2, 0.25) is 0 Å². The van der Waals surface area contributed by atoms with Crippen LogP contribution in [0, 0.1) is 6.92 Å². The molecule has 0 fully saturated rings. The lowest BCUT2D eigenvalue weighted by Crippen LogP contribution is -2.32. The van der Waals surface area contributed by atoms with E-state index in [4.69, 9.17) is 4.74 Å². The highest BCUT2D eigenvalue weighted by Crippen LogP contribution is 2.25. The number of amides is 2. The van der Waals surface area contributed by atoms with E-state index in [-0.39, 0.29) is 17.6 Å². The van der Waals surface area contributed by atoms with Gasteiger partial charge in [-0.3, -0.25) is 0 Å². The maximum Gasteiger partial charge on any atom is 0.319 e. The monoisotopic (exact) mass is 346 g/mol. The van der Waals surface area contributed by atoms with Crippen LogP contribution in [0.2, 0.25) is 0 Å². The van der Waals surface area contributed by atoms with Crippen molar-refractivity contribution in [2.75, 3.05) is 19.0 Å². The second kappa shape index (κ2) is 7.81.